The molecule has 0 amide bonds. The molecule has 0 heterocycles. The maximum Gasteiger partial charge on any atom is 2.00 e. The fourth-order valence-electron chi connectivity index (χ4n) is 7.81. The number of rotatable bonds is 32. The predicted molar refractivity (Wildman–Crippen MR) is 260 cm³/mol. The molecule has 4 aromatic carbocycles. The van der Waals surface area contributed by atoms with Crippen molar-refractivity contribution >= 4 is 58.0 Å². The number of para-hydroxylation sites is 2. The van der Waals surface area contributed by atoms with E-state index in [0.717, 1.165) is 44.6 Å². The zero-order valence-corrected chi connectivity index (χ0v) is 43.0. The van der Waals surface area contributed by atoms with Crippen LogP contribution < -0.4 is 14.6 Å². The fraction of sp³-hybridized carbons (Fsp3) is 0.538. The van der Waals surface area contributed by atoms with Crippen LogP contribution in [0, 0.1) is 0 Å². The summed E-state index contributed by atoms with van der Waals surface area (Å²) >= 11 is 0. The number of unbranched alkanes of at least 4 members (excludes halogenated alkanes) is 22. The fourth-order valence-corrected chi connectivity index (χ4v) is 9.26. The smallest absolute Gasteiger partial charge is 0.872 e. The van der Waals surface area contributed by atoms with Crippen molar-refractivity contribution in [2.24, 2.45) is 0 Å². The summed E-state index contributed by atoms with van der Waals surface area (Å²) in [6.45, 7) is 4.48. The maximum atomic E-state index is 12.1. The van der Waals surface area contributed by atoms with Crippen molar-refractivity contribution in [2.45, 2.75) is 191 Å². The van der Waals surface area contributed by atoms with E-state index < -0.39 is 41.5 Å². The van der Waals surface area contributed by atoms with Gasteiger partial charge in [-0.2, -0.15) is 8.42 Å². The van der Waals surface area contributed by atoms with Crippen molar-refractivity contribution in [3.63, 3.8) is 0 Å². The number of hydrogen-bond acceptors (Lipinski definition) is 9. The van der Waals surface area contributed by atoms with Gasteiger partial charge in [0.25, 0.3) is 0 Å². The predicted octanol–water partition coefficient (Wildman–Crippen LogP) is 14.0. The molecule has 0 aliphatic rings. The molecule has 356 valence electrons. The third-order valence-electron chi connectivity index (χ3n) is 11.4. The molecule has 13 heteroatoms. The summed E-state index contributed by atoms with van der Waals surface area (Å²) in [6, 6.07) is 23.1. The largest absolute Gasteiger partial charge is 2.00 e. The van der Waals surface area contributed by atoms with Crippen molar-refractivity contribution in [3.8, 4) is 34.5 Å². The molecule has 0 atom stereocenters. The van der Waals surface area contributed by atoms with E-state index in [-0.39, 0.29) is 49.2 Å². The van der Waals surface area contributed by atoms with Crippen molar-refractivity contribution < 1.29 is 45.6 Å². The monoisotopic (exact) mass is 962 g/mol. The van der Waals surface area contributed by atoms with Gasteiger partial charge in [-0.05, 0) is 67.1 Å². The molecule has 0 saturated carbocycles. The molecule has 0 radical (unpaired) electrons. The van der Waals surface area contributed by atoms with Crippen LogP contribution in [0.4, 0.5) is 0 Å². The topological polar surface area (TPSA) is 173 Å². The number of aromatic hydroxyl groups is 1. The molecule has 4 rings (SSSR count). The second-order valence-corrected chi connectivity index (χ2v) is 19.5. The van der Waals surface area contributed by atoms with Gasteiger partial charge in [-0.15, -0.1) is 0 Å². The minimum atomic E-state index is -4.95. The standard InChI is InChI=1S/2C26H38O5S.Ca/c2*1-2-3-4-5-6-7-8-9-10-11-12-14-17-22-20-21-24(27)26(32(28,29)30)25(22)31-23-18-15-13-16-19-23;/h2*13,15-16,18-21,27H,2-12,14,17H2,1H3,(H,28,29,30);/q;;+2/p-2. The average Bonchev–Trinajstić information content (AvgIpc) is 3.26. The Morgan fingerprint density at radius 3 is 1.12 bits per heavy atom. The Morgan fingerprint density at radius 2 is 0.785 bits per heavy atom. The van der Waals surface area contributed by atoms with Crippen LogP contribution in [0.25, 0.3) is 0 Å². The van der Waals surface area contributed by atoms with Crippen molar-refractivity contribution in [1.82, 2.24) is 0 Å². The maximum absolute atomic E-state index is 12.1. The number of aryl methyl sites for hydroxylation is 2. The summed E-state index contributed by atoms with van der Waals surface area (Å²) in [5.74, 6) is -0.636. The Bertz CT molecular complexity index is 1950. The van der Waals surface area contributed by atoms with Crippen LogP contribution in [-0.2, 0) is 33.1 Å². The molecular weight excluding hydrogens is 889 g/mol. The molecule has 65 heavy (non-hydrogen) atoms. The van der Waals surface area contributed by atoms with Gasteiger partial charge in [0.15, 0.2) is 10.6 Å². The van der Waals surface area contributed by atoms with Gasteiger partial charge in [-0.1, -0.05) is 215 Å². The Morgan fingerprint density at radius 1 is 0.462 bits per heavy atom. The Labute approximate surface area is 421 Å². The zero-order chi connectivity index (χ0) is 46.5. The number of ether oxygens (including phenoxy) is 2. The first-order chi connectivity index (χ1) is 30.9. The Balaban J connectivity index is 0.000000440. The summed E-state index contributed by atoms with van der Waals surface area (Å²) in [4.78, 5) is -1.37. The van der Waals surface area contributed by atoms with Gasteiger partial charge >= 0.3 is 47.9 Å². The molecule has 2 N–H and O–H groups in total. The molecule has 0 aliphatic heterocycles. The van der Waals surface area contributed by atoms with Gasteiger partial charge in [0.05, 0.1) is 4.90 Å². The number of benzene rings is 4. The van der Waals surface area contributed by atoms with Gasteiger partial charge < -0.3 is 24.2 Å². The van der Waals surface area contributed by atoms with Crippen molar-refractivity contribution in [2.75, 3.05) is 0 Å². The SMILES string of the molecule is CCCCCCCCCCCCCCc1ccc(O)c(S(=O)(=O)O)c1Oc1ccccc1.CCCCCCCCCCCCCCc1ccc([O-])c(S(=O)(=O)[O-])c1Oc1ccccc1.[Ca+2]. The normalized spacial score (nSPS) is 11.4. The molecule has 0 aliphatic carbocycles. The number of phenols is 1. The van der Waals surface area contributed by atoms with Crippen LogP contribution in [0.5, 0.6) is 34.5 Å². The van der Waals surface area contributed by atoms with Crippen LogP contribution >= 0.6 is 0 Å². The molecule has 0 bridgehead atoms. The average molecular weight is 963 g/mol. The second-order valence-electron chi connectivity index (χ2n) is 16.8. The van der Waals surface area contributed by atoms with Crippen LogP contribution in [0.3, 0.4) is 0 Å². The van der Waals surface area contributed by atoms with Gasteiger partial charge in [0.1, 0.15) is 33.1 Å². The minimum Gasteiger partial charge on any atom is -0.872 e. The molecule has 4 aromatic rings. The molecule has 0 spiro atoms. The van der Waals surface area contributed by atoms with Crippen LogP contribution in [0.15, 0.2) is 94.7 Å². The Kier molecular flexibility index (Phi) is 30.1. The summed E-state index contributed by atoms with van der Waals surface area (Å²) in [5, 5.41) is 22.2. The minimum absolute atomic E-state index is 0. The van der Waals surface area contributed by atoms with Gasteiger partial charge in [0, 0.05) is 0 Å². The van der Waals surface area contributed by atoms with E-state index in [1.165, 1.54) is 122 Å². The first-order valence-corrected chi connectivity index (χ1v) is 26.8. The van der Waals surface area contributed by atoms with E-state index >= 15 is 0 Å². The van der Waals surface area contributed by atoms with Crippen molar-refractivity contribution in [3.05, 3.63) is 96.1 Å². The third kappa shape index (κ3) is 23.6. The quantitative estimate of drug-likeness (QED) is 0.0272. The van der Waals surface area contributed by atoms with E-state index in [9.17, 15) is 36.2 Å². The number of phenolic OH excluding ortho intramolecular Hbond substituents is 1. The molecule has 0 aromatic heterocycles. The van der Waals surface area contributed by atoms with Gasteiger partial charge in [0.2, 0.25) is 0 Å². The van der Waals surface area contributed by atoms with Crippen LogP contribution in [-0.4, -0.2) is 68.8 Å². The third-order valence-corrected chi connectivity index (χ3v) is 13.2. The van der Waals surface area contributed by atoms with Crippen LogP contribution in [0.2, 0.25) is 0 Å². The van der Waals surface area contributed by atoms with Crippen LogP contribution in [0.1, 0.15) is 179 Å². The molecule has 0 unspecified atom stereocenters. The summed E-state index contributed by atoms with van der Waals surface area (Å²) in [7, 11) is -9.59. The number of hydrogen-bond donors (Lipinski definition) is 2. The van der Waals surface area contributed by atoms with Crippen molar-refractivity contribution in [1.29, 1.82) is 0 Å². The first-order valence-electron chi connectivity index (χ1n) is 23.9. The van der Waals surface area contributed by atoms with E-state index in [2.05, 4.69) is 13.8 Å². The molecule has 0 saturated heterocycles. The van der Waals surface area contributed by atoms with Gasteiger partial charge in [-0.3, -0.25) is 4.55 Å². The summed E-state index contributed by atoms with van der Waals surface area (Å²) in [6.07, 6.45) is 30.8. The Hall–Kier alpha value is -2.84. The van der Waals surface area contributed by atoms with E-state index in [1.54, 1.807) is 66.7 Å². The first kappa shape index (κ1) is 58.3. The summed E-state index contributed by atoms with van der Waals surface area (Å²) < 4.78 is 80.3. The summed E-state index contributed by atoms with van der Waals surface area (Å²) in [5.41, 5.74) is 1.24. The molecule has 0 fully saturated rings. The second kappa shape index (κ2) is 33.6. The van der Waals surface area contributed by atoms with E-state index in [4.69, 9.17) is 9.47 Å². The van der Waals surface area contributed by atoms with Gasteiger partial charge in [-0.25, -0.2) is 8.42 Å². The van der Waals surface area contributed by atoms with E-state index in [1.807, 2.05) is 6.07 Å². The molecule has 10 nitrogen and oxygen atoms in total. The van der Waals surface area contributed by atoms with E-state index in [0.29, 0.717) is 35.5 Å². The molecular formula is C52H74CaO10S2. The zero-order valence-electron chi connectivity index (χ0n) is 39.2.